The zero-order valence-corrected chi connectivity index (χ0v) is 9.51. The quantitative estimate of drug-likeness (QED) is 0.563. The number of hydrogen-bond acceptors (Lipinski definition) is 4. The maximum atomic E-state index is 8.42. The molecule has 0 aliphatic heterocycles. The first kappa shape index (κ1) is 13.8. The third kappa shape index (κ3) is 11.8. The van der Waals surface area contributed by atoms with Gasteiger partial charge in [-0.1, -0.05) is 0 Å². The van der Waals surface area contributed by atoms with E-state index in [2.05, 4.69) is 26.1 Å². The summed E-state index contributed by atoms with van der Waals surface area (Å²) in [6.07, 6.45) is 0. The van der Waals surface area contributed by atoms with E-state index in [4.69, 9.17) is 14.6 Å². The summed E-state index contributed by atoms with van der Waals surface area (Å²) in [4.78, 5) is 0. The molecule has 0 aromatic carbocycles. The van der Waals surface area contributed by atoms with Gasteiger partial charge in [0.05, 0.1) is 33.0 Å². The molecule has 0 amide bonds. The van der Waals surface area contributed by atoms with Crippen LogP contribution in [-0.4, -0.2) is 50.2 Å². The van der Waals surface area contributed by atoms with Crippen LogP contribution in [0.15, 0.2) is 0 Å². The van der Waals surface area contributed by atoms with Crippen molar-refractivity contribution in [2.24, 2.45) is 0 Å². The summed E-state index contributed by atoms with van der Waals surface area (Å²) in [6.45, 7) is 9.52. The Kier molecular flexibility index (Phi) is 8.08. The van der Waals surface area contributed by atoms with Gasteiger partial charge in [0.25, 0.3) is 0 Å². The first-order valence-electron chi connectivity index (χ1n) is 5.07. The highest BCUT2D eigenvalue weighted by atomic mass is 16.5. The SMILES string of the molecule is CC(C)(C)NCCOCCOCCO. The molecule has 86 valence electrons. The van der Waals surface area contributed by atoms with Gasteiger partial charge in [-0.25, -0.2) is 0 Å². The molecule has 0 bridgehead atoms. The lowest BCUT2D eigenvalue weighted by Crippen LogP contribution is -2.38. The van der Waals surface area contributed by atoms with Gasteiger partial charge < -0.3 is 19.9 Å². The van der Waals surface area contributed by atoms with Gasteiger partial charge in [0.15, 0.2) is 0 Å². The fourth-order valence-electron chi connectivity index (χ4n) is 0.885. The summed E-state index contributed by atoms with van der Waals surface area (Å²) in [5.74, 6) is 0. The smallest absolute Gasteiger partial charge is 0.0701 e. The van der Waals surface area contributed by atoms with Crippen LogP contribution in [0.4, 0.5) is 0 Å². The molecule has 2 N–H and O–H groups in total. The second-order valence-electron chi connectivity index (χ2n) is 4.13. The van der Waals surface area contributed by atoms with Crippen LogP contribution < -0.4 is 5.32 Å². The Morgan fingerprint density at radius 1 is 1.00 bits per heavy atom. The van der Waals surface area contributed by atoms with E-state index in [1.807, 2.05) is 0 Å². The van der Waals surface area contributed by atoms with Gasteiger partial charge in [-0.15, -0.1) is 0 Å². The van der Waals surface area contributed by atoms with Crippen molar-refractivity contribution in [2.45, 2.75) is 26.3 Å². The van der Waals surface area contributed by atoms with Crippen LogP contribution in [0.25, 0.3) is 0 Å². The summed E-state index contributed by atoms with van der Waals surface area (Å²) in [5.41, 5.74) is 0.150. The van der Waals surface area contributed by atoms with Crippen molar-refractivity contribution in [3.05, 3.63) is 0 Å². The molecule has 4 nitrogen and oxygen atoms in total. The van der Waals surface area contributed by atoms with Crippen molar-refractivity contribution < 1.29 is 14.6 Å². The molecule has 0 aromatic rings. The third-order valence-electron chi connectivity index (χ3n) is 1.51. The van der Waals surface area contributed by atoms with E-state index in [0.717, 1.165) is 6.54 Å². The van der Waals surface area contributed by atoms with E-state index in [0.29, 0.717) is 26.4 Å². The molecule has 0 radical (unpaired) electrons. The van der Waals surface area contributed by atoms with Crippen molar-refractivity contribution in [1.29, 1.82) is 0 Å². The highest BCUT2D eigenvalue weighted by Crippen LogP contribution is 1.96. The van der Waals surface area contributed by atoms with Gasteiger partial charge >= 0.3 is 0 Å². The monoisotopic (exact) mass is 205 g/mol. The summed E-state index contributed by atoms with van der Waals surface area (Å²) in [5, 5.41) is 11.7. The fraction of sp³-hybridized carbons (Fsp3) is 1.00. The minimum Gasteiger partial charge on any atom is -0.394 e. The maximum absolute atomic E-state index is 8.42. The molecule has 0 fully saturated rings. The molecule has 4 heteroatoms. The predicted octanol–water partition coefficient (Wildman–Crippen LogP) is 0.400. The Bertz CT molecular complexity index is 123. The normalized spacial score (nSPS) is 12.0. The largest absolute Gasteiger partial charge is 0.394 e. The lowest BCUT2D eigenvalue weighted by molar-refractivity contribution is 0.0330. The average Bonchev–Trinajstić information content (AvgIpc) is 2.08. The van der Waals surface area contributed by atoms with Crippen molar-refractivity contribution in [1.82, 2.24) is 5.32 Å². The molecule has 0 spiro atoms. The topological polar surface area (TPSA) is 50.7 Å². The summed E-state index contributed by atoms with van der Waals surface area (Å²) in [6, 6.07) is 0. The molecule has 0 aromatic heterocycles. The molecular weight excluding hydrogens is 182 g/mol. The Labute approximate surface area is 86.6 Å². The second-order valence-corrected chi connectivity index (χ2v) is 4.13. The van der Waals surface area contributed by atoms with Gasteiger partial charge in [-0.2, -0.15) is 0 Å². The van der Waals surface area contributed by atoms with E-state index < -0.39 is 0 Å². The zero-order chi connectivity index (χ0) is 10.9. The molecule has 0 aliphatic rings. The van der Waals surface area contributed by atoms with Crippen LogP contribution >= 0.6 is 0 Å². The van der Waals surface area contributed by atoms with Crippen LogP contribution in [0.2, 0.25) is 0 Å². The summed E-state index contributed by atoms with van der Waals surface area (Å²) < 4.78 is 10.3. The molecule has 0 aliphatic carbocycles. The van der Waals surface area contributed by atoms with Crippen LogP contribution in [0.5, 0.6) is 0 Å². The van der Waals surface area contributed by atoms with Gasteiger partial charge in [-0.3, -0.25) is 0 Å². The maximum Gasteiger partial charge on any atom is 0.0701 e. The van der Waals surface area contributed by atoms with E-state index in [-0.39, 0.29) is 12.1 Å². The second kappa shape index (κ2) is 8.17. The molecule has 0 heterocycles. The van der Waals surface area contributed by atoms with Crippen molar-refractivity contribution in [2.75, 3.05) is 39.6 Å². The van der Waals surface area contributed by atoms with E-state index in [1.54, 1.807) is 0 Å². The molecule has 0 saturated carbocycles. The minimum absolute atomic E-state index is 0.0750. The first-order chi connectivity index (χ1) is 6.56. The lowest BCUT2D eigenvalue weighted by atomic mass is 10.1. The Morgan fingerprint density at radius 2 is 1.57 bits per heavy atom. The average molecular weight is 205 g/mol. The first-order valence-corrected chi connectivity index (χ1v) is 5.07. The van der Waals surface area contributed by atoms with Gasteiger partial charge in [0.1, 0.15) is 0 Å². The Balaban J connectivity index is 2.99. The van der Waals surface area contributed by atoms with Crippen LogP contribution in [0.1, 0.15) is 20.8 Å². The van der Waals surface area contributed by atoms with Crippen molar-refractivity contribution in [3.63, 3.8) is 0 Å². The molecule has 0 rings (SSSR count). The van der Waals surface area contributed by atoms with Crippen LogP contribution in [0, 0.1) is 0 Å². The lowest BCUT2D eigenvalue weighted by Gasteiger charge is -2.20. The third-order valence-corrected chi connectivity index (χ3v) is 1.51. The standard InChI is InChI=1S/C10H23NO3/c1-10(2,3)11-4-6-13-8-9-14-7-5-12/h11-12H,4-9H2,1-3H3. The van der Waals surface area contributed by atoms with Gasteiger partial charge in [-0.05, 0) is 20.8 Å². The highest BCUT2D eigenvalue weighted by molar-refractivity contribution is 4.69. The Morgan fingerprint density at radius 3 is 2.07 bits per heavy atom. The van der Waals surface area contributed by atoms with E-state index in [9.17, 15) is 0 Å². The summed E-state index contributed by atoms with van der Waals surface area (Å²) in [7, 11) is 0. The number of nitrogens with one attached hydrogen (secondary N) is 1. The Hall–Kier alpha value is -0.160. The predicted molar refractivity (Wildman–Crippen MR) is 56.5 cm³/mol. The van der Waals surface area contributed by atoms with Gasteiger partial charge in [0.2, 0.25) is 0 Å². The molecule has 0 unspecified atom stereocenters. The van der Waals surface area contributed by atoms with E-state index in [1.165, 1.54) is 0 Å². The fourth-order valence-corrected chi connectivity index (χ4v) is 0.885. The molecule has 0 atom stereocenters. The summed E-state index contributed by atoms with van der Waals surface area (Å²) >= 11 is 0. The molecule has 14 heavy (non-hydrogen) atoms. The van der Waals surface area contributed by atoms with Crippen LogP contribution in [-0.2, 0) is 9.47 Å². The molecular formula is C10H23NO3. The van der Waals surface area contributed by atoms with E-state index >= 15 is 0 Å². The minimum atomic E-state index is 0.0750. The highest BCUT2D eigenvalue weighted by Gasteiger charge is 2.06. The van der Waals surface area contributed by atoms with Crippen molar-refractivity contribution >= 4 is 0 Å². The van der Waals surface area contributed by atoms with Crippen LogP contribution in [0.3, 0.4) is 0 Å². The number of ether oxygens (including phenoxy) is 2. The van der Waals surface area contributed by atoms with Gasteiger partial charge in [0, 0.05) is 12.1 Å². The number of rotatable bonds is 8. The zero-order valence-electron chi connectivity index (χ0n) is 9.51. The number of aliphatic hydroxyl groups excluding tert-OH is 1. The number of aliphatic hydroxyl groups is 1. The molecule has 0 saturated heterocycles. The number of hydrogen-bond donors (Lipinski definition) is 2. The van der Waals surface area contributed by atoms with Crippen molar-refractivity contribution in [3.8, 4) is 0 Å².